The monoisotopic (exact) mass is 489 g/mol. The molecule has 1 unspecified atom stereocenters. The van der Waals surface area contributed by atoms with Crippen LogP contribution in [0.25, 0.3) is 10.9 Å². The van der Waals surface area contributed by atoms with Crippen molar-refractivity contribution in [2.75, 3.05) is 25.6 Å². The minimum atomic E-state index is -0.207. The predicted octanol–water partition coefficient (Wildman–Crippen LogP) is 6.08. The first-order valence-corrected chi connectivity index (χ1v) is 12.9. The molecular weight excluding hydrogens is 454 g/mol. The molecule has 0 saturated carbocycles. The largest absolute Gasteiger partial charge is 0.493 e. The lowest BCUT2D eigenvalue weighted by Gasteiger charge is -2.21. The van der Waals surface area contributed by atoms with Crippen molar-refractivity contribution in [2.45, 2.75) is 58.4 Å². The van der Waals surface area contributed by atoms with Crippen molar-refractivity contribution in [3.63, 3.8) is 0 Å². The number of nitrogens with zero attached hydrogens (tertiary/aromatic N) is 2. The first-order valence-electron chi connectivity index (χ1n) is 12.9. The highest BCUT2D eigenvalue weighted by Crippen LogP contribution is 2.40. The van der Waals surface area contributed by atoms with Gasteiger partial charge in [0.1, 0.15) is 0 Å². The van der Waals surface area contributed by atoms with E-state index in [2.05, 4.69) is 24.1 Å². The molecule has 0 aliphatic carbocycles. The Bertz CT molecular complexity index is 1190. The molecule has 0 bridgehead atoms. The SMILES string of the molecule is CCCCCCOc1c(OC)cc(NC(C)CCCN2C(=O)c3ccccc3C2=O)c2ncccc12. The number of rotatable bonds is 13. The van der Waals surface area contributed by atoms with Crippen molar-refractivity contribution in [3.8, 4) is 11.5 Å². The number of nitrogens with one attached hydrogen (secondary N) is 1. The number of benzene rings is 2. The highest BCUT2D eigenvalue weighted by Gasteiger charge is 2.34. The molecule has 190 valence electrons. The van der Waals surface area contributed by atoms with E-state index in [1.165, 1.54) is 17.7 Å². The lowest BCUT2D eigenvalue weighted by atomic mass is 10.1. The van der Waals surface area contributed by atoms with Crippen molar-refractivity contribution in [1.29, 1.82) is 0 Å². The van der Waals surface area contributed by atoms with Crippen LogP contribution >= 0.6 is 0 Å². The van der Waals surface area contributed by atoms with E-state index in [9.17, 15) is 9.59 Å². The van der Waals surface area contributed by atoms with Gasteiger partial charge in [0.2, 0.25) is 0 Å². The fourth-order valence-electron chi connectivity index (χ4n) is 4.65. The number of carbonyl (C=O) groups excluding carboxylic acids is 2. The van der Waals surface area contributed by atoms with Crippen LogP contribution < -0.4 is 14.8 Å². The molecule has 1 aliphatic heterocycles. The summed E-state index contributed by atoms with van der Waals surface area (Å²) in [4.78, 5) is 31.2. The van der Waals surface area contributed by atoms with Crippen LogP contribution in [0, 0.1) is 0 Å². The lowest BCUT2D eigenvalue weighted by molar-refractivity contribution is 0.0651. The minimum Gasteiger partial charge on any atom is -0.493 e. The van der Waals surface area contributed by atoms with Gasteiger partial charge in [0.05, 0.1) is 36.0 Å². The van der Waals surface area contributed by atoms with Gasteiger partial charge < -0.3 is 14.8 Å². The normalized spacial score (nSPS) is 13.7. The first kappa shape index (κ1) is 25.5. The molecule has 1 N–H and O–H groups in total. The van der Waals surface area contributed by atoms with Crippen LogP contribution in [-0.2, 0) is 0 Å². The second-order valence-electron chi connectivity index (χ2n) is 9.26. The van der Waals surface area contributed by atoms with Gasteiger partial charge in [-0.05, 0) is 50.5 Å². The van der Waals surface area contributed by atoms with Gasteiger partial charge in [-0.1, -0.05) is 38.3 Å². The maximum absolute atomic E-state index is 12.6. The zero-order valence-corrected chi connectivity index (χ0v) is 21.4. The van der Waals surface area contributed by atoms with Gasteiger partial charge in [-0.3, -0.25) is 19.5 Å². The summed E-state index contributed by atoms with van der Waals surface area (Å²) in [5.74, 6) is 0.982. The van der Waals surface area contributed by atoms with E-state index in [1.807, 2.05) is 18.2 Å². The summed E-state index contributed by atoms with van der Waals surface area (Å²) in [5.41, 5.74) is 2.68. The summed E-state index contributed by atoms with van der Waals surface area (Å²) >= 11 is 0. The molecule has 0 fully saturated rings. The molecule has 7 nitrogen and oxygen atoms in total. The second-order valence-corrected chi connectivity index (χ2v) is 9.26. The molecule has 1 atom stereocenters. The summed E-state index contributed by atoms with van der Waals surface area (Å²) in [5, 5.41) is 4.46. The number of ether oxygens (including phenoxy) is 2. The van der Waals surface area contributed by atoms with Gasteiger partial charge in [0.15, 0.2) is 11.5 Å². The smallest absolute Gasteiger partial charge is 0.261 e. The molecule has 2 aromatic carbocycles. The molecule has 1 aromatic heterocycles. The number of carbonyl (C=O) groups is 2. The van der Waals surface area contributed by atoms with Crippen molar-refractivity contribution in [3.05, 3.63) is 59.8 Å². The Balaban J connectivity index is 1.40. The van der Waals surface area contributed by atoms with Crippen LogP contribution in [0.1, 0.15) is 73.1 Å². The highest BCUT2D eigenvalue weighted by molar-refractivity contribution is 6.21. The van der Waals surface area contributed by atoms with Gasteiger partial charge in [-0.2, -0.15) is 0 Å². The summed E-state index contributed by atoms with van der Waals surface area (Å²) in [6, 6.07) is 12.9. The topological polar surface area (TPSA) is 80.8 Å². The van der Waals surface area contributed by atoms with Crippen molar-refractivity contribution < 1.29 is 19.1 Å². The quantitative estimate of drug-likeness (QED) is 0.232. The molecule has 36 heavy (non-hydrogen) atoms. The predicted molar refractivity (Wildman–Crippen MR) is 142 cm³/mol. The maximum Gasteiger partial charge on any atom is 0.261 e. The zero-order chi connectivity index (χ0) is 25.5. The number of aromatic nitrogens is 1. The van der Waals surface area contributed by atoms with Crippen LogP contribution in [0.3, 0.4) is 0 Å². The molecule has 0 spiro atoms. The summed E-state index contributed by atoms with van der Waals surface area (Å²) in [6.45, 7) is 5.31. The second kappa shape index (κ2) is 11.9. The third-order valence-corrected chi connectivity index (χ3v) is 6.57. The number of hydrogen-bond acceptors (Lipinski definition) is 6. The summed E-state index contributed by atoms with van der Waals surface area (Å²) in [6.07, 6.45) is 7.79. The van der Waals surface area contributed by atoms with Crippen LogP contribution in [0.5, 0.6) is 11.5 Å². The highest BCUT2D eigenvalue weighted by atomic mass is 16.5. The molecule has 2 amide bonds. The van der Waals surface area contributed by atoms with Crippen LogP contribution in [0.15, 0.2) is 48.7 Å². The minimum absolute atomic E-state index is 0.0934. The number of unbranched alkanes of at least 4 members (excludes halogenated alkanes) is 3. The van der Waals surface area contributed by atoms with Crippen molar-refractivity contribution in [1.82, 2.24) is 9.88 Å². The Morgan fingerprint density at radius 3 is 2.44 bits per heavy atom. The average Bonchev–Trinajstić information content (AvgIpc) is 3.14. The van der Waals surface area contributed by atoms with E-state index >= 15 is 0 Å². The Morgan fingerprint density at radius 2 is 1.75 bits per heavy atom. The van der Waals surface area contributed by atoms with E-state index in [0.717, 1.165) is 41.6 Å². The van der Waals surface area contributed by atoms with Gasteiger partial charge in [-0.25, -0.2) is 0 Å². The number of hydrogen-bond donors (Lipinski definition) is 1. The van der Waals surface area contributed by atoms with Crippen LogP contribution in [-0.4, -0.2) is 48.0 Å². The van der Waals surface area contributed by atoms with E-state index < -0.39 is 0 Å². The molecule has 7 heteroatoms. The number of pyridine rings is 1. The van der Waals surface area contributed by atoms with Gasteiger partial charge in [0, 0.05) is 30.2 Å². The lowest BCUT2D eigenvalue weighted by Crippen LogP contribution is -2.31. The maximum atomic E-state index is 12.6. The average molecular weight is 490 g/mol. The van der Waals surface area contributed by atoms with E-state index in [4.69, 9.17) is 9.47 Å². The van der Waals surface area contributed by atoms with Crippen LogP contribution in [0.4, 0.5) is 5.69 Å². The number of amides is 2. The fraction of sp³-hybridized carbons (Fsp3) is 0.414. The summed E-state index contributed by atoms with van der Waals surface area (Å²) < 4.78 is 11.8. The Labute approximate surface area is 212 Å². The molecule has 1 aliphatic rings. The van der Waals surface area contributed by atoms with Crippen molar-refractivity contribution >= 4 is 28.4 Å². The Kier molecular flexibility index (Phi) is 8.41. The number of imide groups is 1. The third kappa shape index (κ3) is 5.45. The molecular formula is C29H35N3O4. The number of methoxy groups -OCH3 is 1. The molecule has 3 aromatic rings. The van der Waals surface area contributed by atoms with E-state index in [1.54, 1.807) is 37.6 Å². The Hall–Kier alpha value is -3.61. The molecule has 2 heterocycles. The molecule has 0 saturated heterocycles. The van der Waals surface area contributed by atoms with Gasteiger partial charge >= 0.3 is 0 Å². The fourth-order valence-corrected chi connectivity index (χ4v) is 4.65. The number of fused-ring (bicyclic) bond motifs is 2. The Morgan fingerprint density at radius 1 is 1.00 bits per heavy atom. The third-order valence-electron chi connectivity index (χ3n) is 6.57. The van der Waals surface area contributed by atoms with Gasteiger partial charge in [-0.15, -0.1) is 0 Å². The van der Waals surface area contributed by atoms with E-state index in [-0.39, 0.29) is 17.9 Å². The standard InChI is InChI=1S/C29H35N3O4/c1-4-5-6-9-18-36-27-23-15-10-16-30-26(23)24(19-25(27)35-3)31-20(2)12-11-17-32-28(33)21-13-7-8-14-22(21)29(32)34/h7-8,10,13-16,19-20,31H,4-6,9,11-12,17-18H2,1-3H3. The van der Waals surface area contributed by atoms with Crippen molar-refractivity contribution in [2.24, 2.45) is 0 Å². The van der Waals surface area contributed by atoms with Gasteiger partial charge in [0.25, 0.3) is 11.8 Å². The first-order chi connectivity index (χ1) is 17.5. The molecule has 4 rings (SSSR count). The molecule has 0 radical (unpaired) electrons. The van der Waals surface area contributed by atoms with Crippen LogP contribution in [0.2, 0.25) is 0 Å². The number of anilines is 1. The summed E-state index contributed by atoms with van der Waals surface area (Å²) in [7, 11) is 1.65. The zero-order valence-electron chi connectivity index (χ0n) is 21.4. The van der Waals surface area contributed by atoms with E-state index in [0.29, 0.717) is 36.4 Å².